The molecule has 8 heteroatoms. The second-order valence-corrected chi connectivity index (χ2v) is 4.51. The molecule has 0 saturated heterocycles. The average molecular weight is 252 g/mol. The van der Waals surface area contributed by atoms with Crippen LogP contribution in [0.2, 0.25) is 0 Å². The van der Waals surface area contributed by atoms with Crippen LogP contribution in [0.5, 0.6) is 0 Å². The lowest BCUT2D eigenvalue weighted by molar-refractivity contribution is 0.763. The highest BCUT2D eigenvalue weighted by Gasteiger charge is 2.12. The lowest BCUT2D eigenvalue weighted by Gasteiger charge is -2.06. The zero-order chi connectivity index (χ0) is 12.6. The number of anilines is 1. The molecule has 3 N–H and O–H groups in total. The monoisotopic (exact) mass is 252 g/mol. The van der Waals surface area contributed by atoms with E-state index in [9.17, 15) is 4.79 Å². The van der Waals surface area contributed by atoms with Crippen molar-refractivity contribution in [1.29, 1.82) is 0 Å². The molecule has 0 amide bonds. The standard InChI is InChI=1S/C9H12N6OS/c1-4-6(10)11-5(2)12-7(4)17-9-14-13-8(16)15(9)3/h1-3H3,(H,13,16)(H2,10,11,12). The molecule has 2 aromatic rings. The van der Waals surface area contributed by atoms with Gasteiger partial charge < -0.3 is 5.73 Å². The lowest BCUT2D eigenvalue weighted by atomic mass is 10.3. The summed E-state index contributed by atoms with van der Waals surface area (Å²) in [7, 11) is 1.64. The first-order valence-corrected chi connectivity index (χ1v) is 5.70. The summed E-state index contributed by atoms with van der Waals surface area (Å²) in [6.07, 6.45) is 0. The first-order chi connectivity index (χ1) is 7.99. The number of nitrogen functional groups attached to an aromatic ring is 1. The predicted octanol–water partition coefficient (Wildman–Crippen LogP) is 0.249. The Labute approximate surface area is 101 Å². The van der Waals surface area contributed by atoms with Gasteiger partial charge in [0, 0.05) is 12.6 Å². The van der Waals surface area contributed by atoms with Crippen LogP contribution in [0.25, 0.3) is 0 Å². The summed E-state index contributed by atoms with van der Waals surface area (Å²) in [6, 6.07) is 0. The van der Waals surface area contributed by atoms with Gasteiger partial charge in [0.1, 0.15) is 16.7 Å². The molecule has 0 radical (unpaired) electrons. The summed E-state index contributed by atoms with van der Waals surface area (Å²) in [4.78, 5) is 19.6. The molecule has 2 heterocycles. The largest absolute Gasteiger partial charge is 0.383 e. The zero-order valence-corrected chi connectivity index (χ0v) is 10.5. The van der Waals surface area contributed by atoms with E-state index < -0.39 is 0 Å². The lowest BCUT2D eigenvalue weighted by Crippen LogP contribution is -2.13. The number of aromatic nitrogens is 5. The second-order valence-electron chi connectivity index (χ2n) is 3.56. The van der Waals surface area contributed by atoms with E-state index in [0.29, 0.717) is 21.8 Å². The SMILES string of the molecule is Cc1nc(N)c(C)c(Sc2n[nH]c(=O)n2C)n1. The van der Waals surface area contributed by atoms with Crippen LogP contribution >= 0.6 is 11.8 Å². The number of aromatic amines is 1. The van der Waals surface area contributed by atoms with Gasteiger partial charge in [-0.2, -0.15) is 0 Å². The number of nitrogens with two attached hydrogens (primary N) is 1. The Balaban J connectivity index is 2.43. The maximum absolute atomic E-state index is 11.2. The van der Waals surface area contributed by atoms with Gasteiger partial charge in [-0.05, 0) is 25.6 Å². The molecule has 0 atom stereocenters. The molecule has 0 aliphatic heterocycles. The summed E-state index contributed by atoms with van der Waals surface area (Å²) in [5.74, 6) is 1.04. The van der Waals surface area contributed by atoms with Crippen LogP contribution in [0, 0.1) is 13.8 Å². The van der Waals surface area contributed by atoms with Crippen molar-refractivity contribution in [1.82, 2.24) is 24.7 Å². The average Bonchev–Trinajstić information content (AvgIpc) is 2.57. The highest BCUT2D eigenvalue weighted by molar-refractivity contribution is 7.99. The van der Waals surface area contributed by atoms with Crippen LogP contribution in [0.3, 0.4) is 0 Å². The predicted molar refractivity (Wildman–Crippen MR) is 63.9 cm³/mol. The highest BCUT2D eigenvalue weighted by Crippen LogP contribution is 2.27. The van der Waals surface area contributed by atoms with E-state index in [0.717, 1.165) is 5.56 Å². The Morgan fingerprint density at radius 3 is 2.65 bits per heavy atom. The Morgan fingerprint density at radius 1 is 1.35 bits per heavy atom. The number of H-pyrrole nitrogens is 1. The van der Waals surface area contributed by atoms with Crippen molar-refractivity contribution in [2.75, 3.05) is 5.73 Å². The number of nitrogens with zero attached hydrogens (tertiary/aromatic N) is 4. The van der Waals surface area contributed by atoms with Crippen molar-refractivity contribution in [3.63, 3.8) is 0 Å². The summed E-state index contributed by atoms with van der Waals surface area (Å²) < 4.78 is 1.41. The third kappa shape index (κ3) is 2.16. The summed E-state index contributed by atoms with van der Waals surface area (Å²) in [5, 5.41) is 7.51. The fourth-order valence-electron chi connectivity index (χ4n) is 1.23. The van der Waals surface area contributed by atoms with Gasteiger partial charge in [0.05, 0.1) is 0 Å². The molecule has 0 unspecified atom stereocenters. The third-order valence-electron chi connectivity index (χ3n) is 2.28. The maximum Gasteiger partial charge on any atom is 0.343 e. The van der Waals surface area contributed by atoms with Gasteiger partial charge in [0.2, 0.25) is 0 Å². The van der Waals surface area contributed by atoms with Gasteiger partial charge in [-0.15, -0.1) is 5.10 Å². The van der Waals surface area contributed by atoms with Crippen molar-refractivity contribution in [3.8, 4) is 0 Å². The van der Waals surface area contributed by atoms with E-state index in [-0.39, 0.29) is 5.69 Å². The summed E-state index contributed by atoms with van der Waals surface area (Å²) in [5.41, 5.74) is 6.28. The van der Waals surface area contributed by atoms with Crippen LogP contribution in [-0.2, 0) is 7.05 Å². The maximum atomic E-state index is 11.2. The molecule has 0 spiro atoms. The molecule has 0 bridgehead atoms. The van der Waals surface area contributed by atoms with E-state index in [1.807, 2.05) is 6.92 Å². The fourth-order valence-corrected chi connectivity index (χ4v) is 2.15. The van der Waals surface area contributed by atoms with Gasteiger partial charge in [-0.3, -0.25) is 4.57 Å². The van der Waals surface area contributed by atoms with Gasteiger partial charge in [0.25, 0.3) is 0 Å². The summed E-state index contributed by atoms with van der Waals surface area (Å²) in [6.45, 7) is 3.60. The van der Waals surface area contributed by atoms with Crippen molar-refractivity contribution in [3.05, 3.63) is 21.9 Å². The number of aryl methyl sites for hydroxylation is 1. The van der Waals surface area contributed by atoms with Crippen LogP contribution in [0.4, 0.5) is 5.82 Å². The van der Waals surface area contributed by atoms with E-state index >= 15 is 0 Å². The first-order valence-electron chi connectivity index (χ1n) is 4.89. The summed E-state index contributed by atoms with van der Waals surface area (Å²) >= 11 is 1.28. The van der Waals surface area contributed by atoms with E-state index in [1.54, 1.807) is 14.0 Å². The molecule has 0 aliphatic carbocycles. The van der Waals surface area contributed by atoms with Crippen molar-refractivity contribution in [2.24, 2.45) is 7.05 Å². The van der Waals surface area contributed by atoms with Crippen LogP contribution < -0.4 is 11.4 Å². The highest BCUT2D eigenvalue weighted by atomic mass is 32.2. The molecular formula is C9H12N6OS. The number of hydrogen-bond acceptors (Lipinski definition) is 6. The van der Waals surface area contributed by atoms with Crippen LogP contribution in [-0.4, -0.2) is 24.7 Å². The minimum Gasteiger partial charge on any atom is -0.383 e. The van der Waals surface area contributed by atoms with E-state index in [1.165, 1.54) is 16.3 Å². The van der Waals surface area contributed by atoms with E-state index in [2.05, 4.69) is 20.2 Å². The molecule has 0 saturated carbocycles. The smallest absolute Gasteiger partial charge is 0.343 e. The molecule has 17 heavy (non-hydrogen) atoms. The number of nitrogens with one attached hydrogen (secondary N) is 1. The topological polar surface area (TPSA) is 102 Å². The molecule has 0 aromatic carbocycles. The zero-order valence-electron chi connectivity index (χ0n) is 9.68. The Bertz CT molecular complexity index is 616. The Morgan fingerprint density at radius 2 is 2.06 bits per heavy atom. The van der Waals surface area contributed by atoms with Crippen molar-refractivity contribution < 1.29 is 0 Å². The molecular weight excluding hydrogens is 240 g/mol. The minimum atomic E-state index is -0.260. The normalized spacial score (nSPS) is 10.8. The van der Waals surface area contributed by atoms with Crippen LogP contribution in [0.15, 0.2) is 15.0 Å². The quantitative estimate of drug-likeness (QED) is 0.743. The third-order valence-corrected chi connectivity index (χ3v) is 3.42. The molecule has 0 fully saturated rings. The van der Waals surface area contributed by atoms with Crippen molar-refractivity contribution in [2.45, 2.75) is 24.0 Å². The van der Waals surface area contributed by atoms with Gasteiger partial charge in [-0.25, -0.2) is 19.9 Å². The molecule has 90 valence electrons. The van der Waals surface area contributed by atoms with Crippen molar-refractivity contribution >= 4 is 17.6 Å². The molecule has 0 aliphatic rings. The molecule has 7 nitrogen and oxygen atoms in total. The Hall–Kier alpha value is -1.83. The second kappa shape index (κ2) is 4.21. The van der Waals surface area contributed by atoms with Gasteiger partial charge in [0.15, 0.2) is 5.16 Å². The first kappa shape index (κ1) is 11.6. The van der Waals surface area contributed by atoms with Gasteiger partial charge >= 0.3 is 5.69 Å². The number of hydrogen-bond donors (Lipinski definition) is 2. The fraction of sp³-hybridized carbons (Fsp3) is 0.333. The molecule has 2 aromatic heterocycles. The molecule has 2 rings (SSSR count). The van der Waals surface area contributed by atoms with Crippen LogP contribution in [0.1, 0.15) is 11.4 Å². The number of rotatable bonds is 2. The van der Waals surface area contributed by atoms with Gasteiger partial charge in [-0.1, -0.05) is 0 Å². The minimum absolute atomic E-state index is 0.260. The van der Waals surface area contributed by atoms with E-state index in [4.69, 9.17) is 5.73 Å². The Kier molecular flexibility index (Phi) is 2.88.